The molecule has 182 valence electrons. The largest absolute Gasteiger partial charge is 0.493 e. The van der Waals surface area contributed by atoms with Gasteiger partial charge in [-0.15, -0.1) is 0 Å². The second kappa shape index (κ2) is 10.2. The Morgan fingerprint density at radius 3 is 2.66 bits per heavy atom. The normalized spacial score (nSPS) is 11.9. The van der Waals surface area contributed by atoms with Crippen LogP contribution in [0.25, 0.3) is 22.1 Å². The fourth-order valence-electron chi connectivity index (χ4n) is 3.43. The molecule has 4 rings (SSSR count). The number of H-pyrrole nitrogens is 1. The number of hydrogen-bond donors (Lipinski definition) is 2. The van der Waals surface area contributed by atoms with Crippen molar-refractivity contribution < 1.29 is 23.8 Å². The third kappa shape index (κ3) is 5.03. The number of rotatable bonds is 9. The number of aryl methyl sites for hydroxylation is 1. The highest BCUT2D eigenvalue weighted by molar-refractivity contribution is 5.99. The first kappa shape index (κ1) is 23.6. The standard InChI is InChI=1S/C22H23N7O6/c1-12(21(31)28-20-18-19(24-9-23-18)25-10-26-20)35-17(30)5-4-6-29-11-27-14-8-16(34-3)15(33-2)7-13(14)22(29)32/h7-12H,4-6H2,1-3H3,(H2,23,24,25,26,28,31). The van der Waals surface area contributed by atoms with E-state index in [0.29, 0.717) is 40.0 Å². The zero-order valence-corrected chi connectivity index (χ0v) is 19.3. The molecule has 1 unspecified atom stereocenters. The summed E-state index contributed by atoms with van der Waals surface area (Å²) in [5.74, 6) is 0.00213. The summed E-state index contributed by atoms with van der Waals surface area (Å²) in [7, 11) is 2.99. The number of nitrogens with zero attached hydrogens (tertiary/aromatic N) is 5. The number of benzene rings is 1. The number of aromatic nitrogens is 6. The van der Waals surface area contributed by atoms with E-state index in [2.05, 4.69) is 30.2 Å². The molecule has 1 amide bonds. The van der Waals surface area contributed by atoms with Gasteiger partial charge in [-0.25, -0.2) is 19.9 Å². The Morgan fingerprint density at radius 1 is 1.11 bits per heavy atom. The number of nitrogens with one attached hydrogen (secondary N) is 2. The number of aromatic amines is 1. The van der Waals surface area contributed by atoms with Gasteiger partial charge in [0, 0.05) is 19.0 Å². The van der Waals surface area contributed by atoms with Crippen LogP contribution in [0, 0.1) is 0 Å². The number of amides is 1. The Kier molecular flexibility index (Phi) is 6.85. The summed E-state index contributed by atoms with van der Waals surface area (Å²) in [5.41, 5.74) is 1.06. The van der Waals surface area contributed by atoms with E-state index < -0.39 is 18.0 Å². The molecule has 4 aromatic rings. The first-order chi connectivity index (χ1) is 16.9. The van der Waals surface area contributed by atoms with Gasteiger partial charge < -0.3 is 24.5 Å². The molecule has 1 atom stereocenters. The van der Waals surface area contributed by atoms with E-state index in [4.69, 9.17) is 14.2 Å². The van der Waals surface area contributed by atoms with Gasteiger partial charge in [-0.2, -0.15) is 0 Å². The van der Waals surface area contributed by atoms with Crippen LogP contribution in [0.1, 0.15) is 19.8 Å². The average molecular weight is 481 g/mol. The Morgan fingerprint density at radius 2 is 1.89 bits per heavy atom. The van der Waals surface area contributed by atoms with Crippen LogP contribution in [0.5, 0.6) is 11.5 Å². The van der Waals surface area contributed by atoms with Crippen molar-refractivity contribution in [3.8, 4) is 11.5 Å². The fraction of sp³-hybridized carbons (Fsp3) is 0.318. The van der Waals surface area contributed by atoms with Gasteiger partial charge >= 0.3 is 5.97 Å². The van der Waals surface area contributed by atoms with Gasteiger partial charge in [-0.1, -0.05) is 0 Å². The molecule has 0 saturated carbocycles. The lowest BCUT2D eigenvalue weighted by molar-refractivity contribution is -0.153. The van der Waals surface area contributed by atoms with Crippen molar-refractivity contribution in [1.29, 1.82) is 0 Å². The van der Waals surface area contributed by atoms with E-state index in [-0.39, 0.29) is 24.3 Å². The summed E-state index contributed by atoms with van der Waals surface area (Å²) in [6.07, 6.45) is 3.38. The van der Waals surface area contributed by atoms with E-state index >= 15 is 0 Å². The number of carbonyl (C=O) groups is 2. The second-order valence-electron chi connectivity index (χ2n) is 7.52. The van der Waals surface area contributed by atoms with E-state index in [1.54, 1.807) is 12.1 Å². The van der Waals surface area contributed by atoms with Crippen molar-refractivity contribution in [2.75, 3.05) is 19.5 Å². The molecule has 0 bridgehead atoms. The number of fused-ring (bicyclic) bond motifs is 2. The molecule has 1 aromatic carbocycles. The number of imidazole rings is 1. The summed E-state index contributed by atoms with van der Waals surface area (Å²) in [6.45, 7) is 1.70. The number of carbonyl (C=O) groups excluding carboxylic acids is 2. The van der Waals surface area contributed by atoms with Crippen LogP contribution >= 0.6 is 0 Å². The maximum absolute atomic E-state index is 12.8. The quantitative estimate of drug-likeness (QED) is 0.334. The highest BCUT2D eigenvalue weighted by atomic mass is 16.5. The van der Waals surface area contributed by atoms with E-state index in [9.17, 15) is 14.4 Å². The summed E-state index contributed by atoms with van der Waals surface area (Å²) in [4.78, 5) is 56.6. The maximum Gasteiger partial charge on any atom is 0.306 e. The van der Waals surface area contributed by atoms with Crippen LogP contribution in [0.4, 0.5) is 5.82 Å². The first-order valence-corrected chi connectivity index (χ1v) is 10.7. The molecule has 0 aliphatic carbocycles. The van der Waals surface area contributed by atoms with Gasteiger partial charge in [-0.05, 0) is 19.4 Å². The second-order valence-corrected chi connectivity index (χ2v) is 7.52. The van der Waals surface area contributed by atoms with Crippen molar-refractivity contribution in [1.82, 2.24) is 29.5 Å². The van der Waals surface area contributed by atoms with Gasteiger partial charge in [0.2, 0.25) is 0 Å². The zero-order valence-electron chi connectivity index (χ0n) is 19.3. The Balaban J connectivity index is 1.33. The molecule has 0 saturated heterocycles. The lowest BCUT2D eigenvalue weighted by Crippen LogP contribution is -2.30. The third-order valence-corrected chi connectivity index (χ3v) is 5.25. The highest BCUT2D eigenvalue weighted by Crippen LogP contribution is 2.29. The summed E-state index contributed by atoms with van der Waals surface area (Å²) in [6, 6.07) is 3.20. The summed E-state index contributed by atoms with van der Waals surface area (Å²) >= 11 is 0. The highest BCUT2D eigenvalue weighted by Gasteiger charge is 2.20. The van der Waals surface area contributed by atoms with Gasteiger partial charge in [0.15, 0.2) is 29.1 Å². The average Bonchev–Trinajstić information content (AvgIpc) is 3.34. The van der Waals surface area contributed by atoms with Crippen molar-refractivity contribution in [2.45, 2.75) is 32.4 Å². The number of hydrogen-bond acceptors (Lipinski definition) is 10. The van der Waals surface area contributed by atoms with Gasteiger partial charge in [-0.3, -0.25) is 19.0 Å². The number of esters is 1. The van der Waals surface area contributed by atoms with Crippen molar-refractivity contribution in [3.63, 3.8) is 0 Å². The predicted octanol–water partition coefficient (Wildman–Crippen LogP) is 1.43. The topological polar surface area (TPSA) is 163 Å². The van der Waals surface area contributed by atoms with Crippen LogP contribution in [0.15, 0.2) is 35.9 Å². The maximum atomic E-state index is 12.8. The molecule has 35 heavy (non-hydrogen) atoms. The number of anilines is 1. The lowest BCUT2D eigenvalue weighted by Gasteiger charge is -2.13. The molecule has 0 fully saturated rings. The molecule has 3 heterocycles. The lowest BCUT2D eigenvalue weighted by atomic mass is 10.2. The molecule has 13 nitrogen and oxygen atoms in total. The van der Waals surface area contributed by atoms with Crippen LogP contribution in [-0.4, -0.2) is 61.7 Å². The molecule has 0 radical (unpaired) electrons. The first-order valence-electron chi connectivity index (χ1n) is 10.7. The van der Waals surface area contributed by atoms with Crippen molar-refractivity contribution in [2.24, 2.45) is 0 Å². The Bertz CT molecular complexity index is 1450. The van der Waals surface area contributed by atoms with Gasteiger partial charge in [0.05, 0.1) is 37.8 Å². The van der Waals surface area contributed by atoms with E-state index in [1.807, 2.05) is 0 Å². The van der Waals surface area contributed by atoms with E-state index in [1.165, 1.54) is 44.7 Å². The minimum Gasteiger partial charge on any atom is -0.493 e. The fourth-order valence-corrected chi connectivity index (χ4v) is 3.43. The minimum absolute atomic E-state index is 0.00628. The molecule has 3 aromatic heterocycles. The van der Waals surface area contributed by atoms with Crippen molar-refractivity contribution >= 4 is 39.8 Å². The molecular formula is C22H23N7O6. The Hall–Kier alpha value is -4.55. The molecule has 0 aliphatic rings. The minimum atomic E-state index is -1.05. The van der Waals surface area contributed by atoms with Crippen LogP contribution in [0.3, 0.4) is 0 Å². The zero-order chi connectivity index (χ0) is 24.9. The van der Waals surface area contributed by atoms with Crippen LogP contribution < -0.4 is 20.3 Å². The van der Waals surface area contributed by atoms with Crippen LogP contribution in [0.2, 0.25) is 0 Å². The van der Waals surface area contributed by atoms with Gasteiger partial charge in [0.1, 0.15) is 11.8 Å². The molecule has 13 heteroatoms. The molecular weight excluding hydrogens is 458 g/mol. The smallest absolute Gasteiger partial charge is 0.306 e. The molecule has 2 N–H and O–H groups in total. The number of ether oxygens (including phenoxy) is 3. The Labute approximate surface area is 198 Å². The van der Waals surface area contributed by atoms with Gasteiger partial charge in [0.25, 0.3) is 11.5 Å². The third-order valence-electron chi connectivity index (χ3n) is 5.25. The van der Waals surface area contributed by atoms with E-state index in [0.717, 1.165) is 0 Å². The van der Waals surface area contributed by atoms with Crippen LogP contribution in [-0.2, 0) is 20.9 Å². The summed E-state index contributed by atoms with van der Waals surface area (Å²) in [5, 5.41) is 2.96. The van der Waals surface area contributed by atoms with Crippen molar-refractivity contribution in [3.05, 3.63) is 41.5 Å². The SMILES string of the molecule is COc1cc2ncn(CCCC(=O)OC(C)C(=O)Nc3ncnc4nc[nH]c34)c(=O)c2cc1OC. The predicted molar refractivity (Wildman–Crippen MR) is 124 cm³/mol. The molecule has 0 aliphatic heterocycles. The number of methoxy groups -OCH3 is 2. The monoisotopic (exact) mass is 481 g/mol. The summed E-state index contributed by atoms with van der Waals surface area (Å²) < 4.78 is 17.1. The molecule has 0 spiro atoms.